The Morgan fingerprint density at radius 2 is 0.672 bits per heavy atom. The molecule has 0 aromatic rings. The van der Waals surface area contributed by atoms with E-state index in [-0.39, 0.29) is 12.5 Å². The number of nitrogens with one attached hydrogen (secondary N) is 1. The quantitative estimate of drug-likeness (QED) is 0.0362. The number of aliphatic hydroxyl groups is 3. The van der Waals surface area contributed by atoms with Crippen LogP contribution in [-0.4, -0.2) is 46.1 Å². The molecule has 380 valence electrons. The van der Waals surface area contributed by atoms with Gasteiger partial charge in [-0.15, -0.1) is 0 Å². The molecule has 5 nitrogen and oxygen atoms in total. The predicted molar refractivity (Wildman–Crippen MR) is 282 cm³/mol. The van der Waals surface area contributed by atoms with Crippen molar-refractivity contribution in [2.75, 3.05) is 6.61 Å². The molecular formula is C59H115NO4. The van der Waals surface area contributed by atoms with Gasteiger partial charge in [0.15, 0.2) is 0 Å². The molecule has 0 aliphatic rings. The van der Waals surface area contributed by atoms with Gasteiger partial charge >= 0.3 is 0 Å². The summed E-state index contributed by atoms with van der Waals surface area (Å²) in [7, 11) is 0. The first kappa shape index (κ1) is 62.8. The van der Waals surface area contributed by atoms with Crippen LogP contribution in [0.15, 0.2) is 24.3 Å². The van der Waals surface area contributed by atoms with Crippen LogP contribution in [0.2, 0.25) is 0 Å². The average molecular weight is 903 g/mol. The molecule has 1 amide bonds. The zero-order valence-electron chi connectivity index (χ0n) is 43.4. The summed E-state index contributed by atoms with van der Waals surface area (Å²) in [4.78, 5) is 12.5. The van der Waals surface area contributed by atoms with Crippen LogP contribution < -0.4 is 5.32 Å². The molecule has 0 radical (unpaired) electrons. The van der Waals surface area contributed by atoms with E-state index < -0.39 is 18.2 Å². The van der Waals surface area contributed by atoms with Crippen LogP contribution in [0.3, 0.4) is 0 Å². The van der Waals surface area contributed by atoms with Crippen molar-refractivity contribution in [1.29, 1.82) is 0 Å². The Labute approximate surface area is 401 Å². The van der Waals surface area contributed by atoms with Crippen molar-refractivity contribution in [3.05, 3.63) is 24.3 Å². The molecule has 0 aliphatic carbocycles. The summed E-state index contributed by atoms with van der Waals surface area (Å²) >= 11 is 0. The van der Waals surface area contributed by atoms with Gasteiger partial charge in [0.05, 0.1) is 18.8 Å². The Bertz CT molecular complexity index is 951. The number of rotatable bonds is 54. The first-order valence-electron chi connectivity index (χ1n) is 29.1. The van der Waals surface area contributed by atoms with Crippen molar-refractivity contribution < 1.29 is 20.1 Å². The van der Waals surface area contributed by atoms with Gasteiger partial charge in [-0.2, -0.15) is 0 Å². The third-order valence-corrected chi connectivity index (χ3v) is 13.8. The monoisotopic (exact) mass is 902 g/mol. The number of amides is 1. The summed E-state index contributed by atoms with van der Waals surface area (Å²) in [5, 5.41) is 33.8. The number of unbranched alkanes of at least 4 members (excludes halogenated alkanes) is 42. The van der Waals surface area contributed by atoms with Crippen molar-refractivity contribution in [2.45, 2.75) is 340 Å². The normalized spacial score (nSPS) is 13.4. The SMILES string of the molecule is CCCCCCCCCCC/C=C\C/C=C\CCCCCCCCCCCCCC(=O)NC(CO)C(O)C(O)CCCCCCCCCCCCCCCCCCCCCCCCC. The topological polar surface area (TPSA) is 89.8 Å². The second kappa shape index (κ2) is 54.4. The van der Waals surface area contributed by atoms with Gasteiger partial charge in [0, 0.05) is 6.42 Å². The van der Waals surface area contributed by atoms with Gasteiger partial charge in [-0.3, -0.25) is 4.79 Å². The lowest BCUT2D eigenvalue weighted by Gasteiger charge is -2.26. The summed E-state index contributed by atoms with van der Waals surface area (Å²) in [6.07, 6.45) is 69.0. The molecule has 4 N–H and O–H groups in total. The highest BCUT2D eigenvalue weighted by Gasteiger charge is 2.26. The van der Waals surface area contributed by atoms with Gasteiger partial charge in [0.1, 0.15) is 6.10 Å². The number of hydrogen-bond acceptors (Lipinski definition) is 4. The zero-order chi connectivity index (χ0) is 46.5. The van der Waals surface area contributed by atoms with Crippen LogP contribution in [0.25, 0.3) is 0 Å². The predicted octanol–water partition coefficient (Wildman–Crippen LogP) is 18.1. The molecular weight excluding hydrogens is 787 g/mol. The molecule has 5 heteroatoms. The zero-order valence-corrected chi connectivity index (χ0v) is 43.4. The van der Waals surface area contributed by atoms with Crippen LogP contribution in [-0.2, 0) is 4.79 Å². The smallest absolute Gasteiger partial charge is 0.220 e. The van der Waals surface area contributed by atoms with E-state index >= 15 is 0 Å². The number of carbonyl (C=O) groups is 1. The van der Waals surface area contributed by atoms with Crippen molar-refractivity contribution in [3.8, 4) is 0 Å². The highest BCUT2D eigenvalue weighted by Crippen LogP contribution is 2.18. The lowest BCUT2D eigenvalue weighted by molar-refractivity contribution is -0.124. The second-order valence-electron chi connectivity index (χ2n) is 20.2. The van der Waals surface area contributed by atoms with Crippen molar-refractivity contribution in [2.24, 2.45) is 0 Å². The molecule has 0 aromatic heterocycles. The molecule has 3 atom stereocenters. The molecule has 0 heterocycles. The first-order valence-corrected chi connectivity index (χ1v) is 29.1. The standard InChI is InChI=1S/C59H115NO4/c1-3-5-7-9-11-13-15-17-19-21-23-25-27-28-29-30-32-34-36-38-40-42-44-46-48-50-52-54-58(63)60-56(55-61)59(64)57(62)53-51-49-47-45-43-41-39-37-35-33-31-26-24-22-20-18-16-14-12-10-8-6-4-2/h23,25,28-29,56-57,59,61-62,64H,3-22,24,26-27,30-55H2,1-2H3,(H,60,63)/b25-23-,29-28-. The minimum Gasteiger partial charge on any atom is -0.394 e. The van der Waals surface area contributed by atoms with Crippen LogP contribution in [0.4, 0.5) is 0 Å². The van der Waals surface area contributed by atoms with Gasteiger partial charge in [0.25, 0.3) is 0 Å². The van der Waals surface area contributed by atoms with Gasteiger partial charge in [-0.25, -0.2) is 0 Å². The third kappa shape index (κ3) is 48.8. The van der Waals surface area contributed by atoms with Crippen molar-refractivity contribution in [1.82, 2.24) is 5.32 Å². The Kier molecular flexibility index (Phi) is 53.4. The molecule has 0 fully saturated rings. The average Bonchev–Trinajstić information content (AvgIpc) is 3.30. The van der Waals surface area contributed by atoms with Gasteiger partial charge in [0.2, 0.25) is 5.91 Å². The van der Waals surface area contributed by atoms with E-state index in [4.69, 9.17) is 0 Å². The van der Waals surface area contributed by atoms with Gasteiger partial charge < -0.3 is 20.6 Å². The van der Waals surface area contributed by atoms with E-state index in [1.54, 1.807) is 0 Å². The molecule has 0 saturated carbocycles. The number of aliphatic hydroxyl groups excluding tert-OH is 3. The maximum absolute atomic E-state index is 12.5. The fourth-order valence-corrected chi connectivity index (χ4v) is 9.31. The molecule has 0 spiro atoms. The molecule has 0 bridgehead atoms. The Morgan fingerprint density at radius 3 is 0.984 bits per heavy atom. The van der Waals surface area contributed by atoms with E-state index in [0.717, 1.165) is 38.5 Å². The van der Waals surface area contributed by atoms with Crippen molar-refractivity contribution >= 4 is 5.91 Å². The van der Waals surface area contributed by atoms with E-state index in [2.05, 4.69) is 43.5 Å². The Morgan fingerprint density at radius 1 is 0.391 bits per heavy atom. The third-order valence-electron chi connectivity index (χ3n) is 13.8. The van der Waals surface area contributed by atoms with Crippen LogP contribution in [0.1, 0.15) is 322 Å². The molecule has 3 unspecified atom stereocenters. The molecule has 0 aromatic carbocycles. The Balaban J connectivity index is 3.53. The van der Waals surface area contributed by atoms with E-state index in [1.807, 2.05) is 0 Å². The highest BCUT2D eigenvalue weighted by atomic mass is 16.3. The lowest BCUT2D eigenvalue weighted by Crippen LogP contribution is -2.50. The fourth-order valence-electron chi connectivity index (χ4n) is 9.31. The molecule has 64 heavy (non-hydrogen) atoms. The number of allylic oxidation sites excluding steroid dienone is 4. The van der Waals surface area contributed by atoms with E-state index in [1.165, 1.54) is 257 Å². The van der Waals surface area contributed by atoms with Crippen molar-refractivity contribution in [3.63, 3.8) is 0 Å². The molecule has 0 aliphatic heterocycles. The molecule has 0 rings (SSSR count). The molecule has 0 saturated heterocycles. The Hall–Kier alpha value is -1.17. The van der Waals surface area contributed by atoms with Crippen LogP contribution >= 0.6 is 0 Å². The summed E-state index contributed by atoms with van der Waals surface area (Å²) in [6.45, 7) is 4.22. The van der Waals surface area contributed by atoms with E-state index in [0.29, 0.717) is 12.8 Å². The highest BCUT2D eigenvalue weighted by molar-refractivity contribution is 5.76. The lowest BCUT2D eigenvalue weighted by atomic mass is 9.99. The van der Waals surface area contributed by atoms with Crippen LogP contribution in [0.5, 0.6) is 0 Å². The summed E-state index contributed by atoms with van der Waals surface area (Å²) in [5.41, 5.74) is 0. The number of hydrogen-bond donors (Lipinski definition) is 4. The largest absolute Gasteiger partial charge is 0.394 e. The second-order valence-corrected chi connectivity index (χ2v) is 20.2. The summed E-state index contributed by atoms with van der Waals surface area (Å²) in [5.74, 6) is -0.142. The number of carbonyl (C=O) groups excluding carboxylic acids is 1. The minimum absolute atomic E-state index is 0.142. The first-order chi connectivity index (χ1) is 31.6. The van der Waals surface area contributed by atoms with Crippen LogP contribution in [0, 0.1) is 0 Å². The summed E-state index contributed by atoms with van der Waals surface area (Å²) < 4.78 is 0. The fraction of sp³-hybridized carbons (Fsp3) is 0.915. The minimum atomic E-state index is -1.14. The van der Waals surface area contributed by atoms with Gasteiger partial charge in [-0.05, 0) is 44.9 Å². The maximum atomic E-state index is 12.5. The summed E-state index contributed by atoms with van der Waals surface area (Å²) in [6, 6.07) is -0.810. The van der Waals surface area contributed by atoms with Gasteiger partial charge in [-0.1, -0.05) is 295 Å². The maximum Gasteiger partial charge on any atom is 0.220 e. The van der Waals surface area contributed by atoms with E-state index in [9.17, 15) is 20.1 Å².